The minimum absolute atomic E-state index is 0.0167. The summed E-state index contributed by atoms with van der Waals surface area (Å²) in [5.41, 5.74) is 5.16. The van der Waals surface area contributed by atoms with Crippen molar-refractivity contribution >= 4 is 28.6 Å². The van der Waals surface area contributed by atoms with E-state index >= 15 is 0 Å². The van der Waals surface area contributed by atoms with Gasteiger partial charge >= 0.3 is 6.01 Å². The van der Waals surface area contributed by atoms with E-state index in [4.69, 9.17) is 4.42 Å². The molecule has 1 saturated carbocycles. The van der Waals surface area contributed by atoms with Crippen molar-refractivity contribution in [3.05, 3.63) is 24.3 Å². The molecule has 5 nitrogen and oxygen atoms in total. The molecule has 0 atom stereocenters. The van der Waals surface area contributed by atoms with Crippen molar-refractivity contribution in [2.75, 3.05) is 5.43 Å². The molecule has 0 saturated heterocycles. The molecule has 0 aliphatic heterocycles. The molecule has 1 aliphatic rings. The number of nitrogens with zero attached hydrogens (tertiary/aromatic N) is 2. The summed E-state index contributed by atoms with van der Waals surface area (Å²) in [6.07, 6.45) is 1.84. The lowest BCUT2D eigenvalue weighted by Gasteiger charge is -2.28. The van der Waals surface area contributed by atoms with E-state index in [-0.39, 0.29) is 11.2 Å². The van der Waals surface area contributed by atoms with E-state index in [0.29, 0.717) is 18.9 Å². The molecule has 1 heterocycles. The number of fused-ring (bicyclic) bond motifs is 1. The fourth-order valence-corrected chi connectivity index (χ4v) is 2.63. The van der Waals surface area contributed by atoms with Crippen LogP contribution in [0.4, 0.5) is 6.01 Å². The van der Waals surface area contributed by atoms with E-state index in [9.17, 15) is 4.79 Å². The molecule has 0 bridgehead atoms. The van der Waals surface area contributed by atoms with E-state index in [1.165, 1.54) is 0 Å². The molecule has 0 radical (unpaired) electrons. The van der Waals surface area contributed by atoms with E-state index in [1.807, 2.05) is 24.3 Å². The van der Waals surface area contributed by atoms with Crippen LogP contribution in [0, 0.1) is 5.41 Å². The van der Waals surface area contributed by atoms with Crippen LogP contribution in [0.2, 0.25) is 0 Å². The summed E-state index contributed by atoms with van der Waals surface area (Å²) >= 11 is 0. The highest BCUT2D eigenvalue weighted by Crippen LogP contribution is 2.31. The summed E-state index contributed by atoms with van der Waals surface area (Å²) in [7, 11) is 0. The van der Waals surface area contributed by atoms with Crippen LogP contribution < -0.4 is 5.43 Å². The third-order valence-corrected chi connectivity index (χ3v) is 3.36. The second-order valence-electron chi connectivity index (χ2n) is 6.01. The fraction of sp³-hybridized carbons (Fsp3) is 0.400. The number of carbonyl (C=O) groups is 1. The van der Waals surface area contributed by atoms with Crippen LogP contribution in [-0.2, 0) is 4.79 Å². The molecule has 0 unspecified atom stereocenters. The largest absolute Gasteiger partial charge is 0.422 e. The minimum atomic E-state index is -0.0167. The van der Waals surface area contributed by atoms with Gasteiger partial charge in [0.1, 0.15) is 11.3 Å². The van der Waals surface area contributed by atoms with E-state index in [0.717, 1.165) is 23.2 Å². The normalized spacial score (nSPS) is 20.5. The van der Waals surface area contributed by atoms with Crippen molar-refractivity contribution in [2.24, 2.45) is 10.5 Å². The average Bonchev–Trinajstić information content (AvgIpc) is 2.76. The first-order valence-electron chi connectivity index (χ1n) is 6.71. The van der Waals surface area contributed by atoms with Crippen LogP contribution in [0.1, 0.15) is 33.1 Å². The number of nitrogens with one attached hydrogen (secondary N) is 1. The standard InChI is InChI=1S/C15H17N3O2/c1-15(2)8-10(7-11(19)9-15)17-18-14-16-12-5-3-4-6-13(12)20-14/h3-6H,7-9H2,1-2H3,(H,16,18)/b17-10+. The second-order valence-corrected chi connectivity index (χ2v) is 6.01. The molecule has 3 rings (SSSR count). The molecule has 104 valence electrons. The van der Waals surface area contributed by atoms with Crippen LogP contribution >= 0.6 is 0 Å². The summed E-state index contributed by atoms with van der Waals surface area (Å²) < 4.78 is 5.52. The number of rotatable bonds is 2. The van der Waals surface area contributed by atoms with Gasteiger partial charge in [-0.15, -0.1) is 0 Å². The number of anilines is 1. The number of hydrogen-bond acceptors (Lipinski definition) is 5. The molecule has 5 heteroatoms. The quantitative estimate of drug-likeness (QED) is 0.850. The van der Waals surface area contributed by atoms with Crippen LogP contribution in [-0.4, -0.2) is 16.5 Å². The van der Waals surface area contributed by atoms with E-state index in [2.05, 4.69) is 29.4 Å². The number of hydrogen-bond donors (Lipinski definition) is 1. The number of hydrazone groups is 1. The van der Waals surface area contributed by atoms with Gasteiger partial charge in [-0.05, 0) is 24.0 Å². The zero-order valence-corrected chi connectivity index (χ0v) is 11.6. The molecule has 0 amide bonds. The highest BCUT2D eigenvalue weighted by molar-refractivity contribution is 6.05. The van der Waals surface area contributed by atoms with Gasteiger partial charge < -0.3 is 4.42 Å². The Labute approximate surface area is 117 Å². The number of para-hydroxylation sites is 2. The van der Waals surface area contributed by atoms with Gasteiger partial charge in [0.15, 0.2) is 5.58 Å². The first-order valence-corrected chi connectivity index (χ1v) is 6.71. The van der Waals surface area contributed by atoms with Crippen LogP contribution in [0.3, 0.4) is 0 Å². The number of carbonyl (C=O) groups excluding carboxylic acids is 1. The van der Waals surface area contributed by atoms with Crippen molar-refractivity contribution < 1.29 is 9.21 Å². The summed E-state index contributed by atoms with van der Waals surface area (Å²) in [5, 5.41) is 4.28. The SMILES string of the molecule is CC1(C)CC(=O)C/C(=N\Nc2nc3ccccc3o2)C1. The monoisotopic (exact) mass is 271 g/mol. The van der Waals surface area contributed by atoms with Crippen molar-refractivity contribution in [2.45, 2.75) is 33.1 Å². The van der Waals surface area contributed by atoms with Gasteiger partial charge in [-0.1, -0.05) is 26.0 Å². The second kappa shape index (κ2) is 4.74. The van der Waals surface area contributed by atoms with Crippen molar-refractivity contribution in [1.82, 2.24) is 4.98 Å². The van der Waals surface area contributed by atoms with Crippen LogP contribution in [0.5, 0.6) is 0 Å². The summed E-state index contributed by atoms with van der Waals surface area (Å²) in [4.78, 5) is 16.0. The van der Waals surface area contributed by atoms with Crippen molar-refractivity contribution in [3.63, 3.8) is 0 Å². The highest BCUT2D eigenvalue weighted by Gasteiger charge is 2.30. The lowest BCUT2D eigenvalue weighted by atomic mass is 9.76. The van der Waals surface area contributed by atoms with Gasteiger partial charge in [0.25, 0.3) is 0 Å². The smallest absolute Gasteiger partial charge is 0.316 e. The molecule has 20 heavy (non-hydrogen) atoms. The van der Waals surface area contributed by atoms with Crippen LogP contribution in [0.25, 0.3) is 11.1 Å². The van der Waals surface area contributed by atoms with Crippen LogP contribution in [0.15, 0.2) is 33.8 Å². The summed E-state index contributed by atoms with van der Waals surface area (Å²) in [6, 6.07) is 7.89. The highest BCUT2D eigenvalue weighted by atomic mass is 16.4. The molecular weight excluding hydrogens is 254 g/mol. The third-order valence-electron chi connectivity index (χ3n) is 3.36. The van der Waals surface area contributed by atoms with Crippen molar-refractivity contribution in [3.8, 4) is 0 Å². The Morgan fingerprint density at radius 2 is 2.10 bits per heavy atom. The Morgan fingerprint density at radius 1 is 1.30 bits per heavy atom. The Hall–Kier alpha value is -2.17. The van der Waals surface area contributed by atoms with Gasteiger partial charge in [0, 0.05) is 18.6 Å². The third kappa shape index (κ3) is 2.71. The van der Waals surface area contributed by atoms with Gasteiger partial charge in [-0.3, -0.25) is 4.79 Å². The Balaban J connectivity index is 1.77. The van der Waals surface area contributed by atoms with Gasteiger partial charge in [0.05, 0.1) is 0 Å². The molecule has 0 spiro atoms. The molecule has 1 aromatic carbocycles. The van der Waals surface area contributed by atoms with Gasteiger partial charge in [0.2, 0.25) is 0 Å². The predicted octanol–water partition coefficient (Wildman–Crippen LogP) is 3.37. The van der Waals surface area contributed by atoms with E-state index in [1.54, 1.807) is 0 Å². The Bertz CT molecular complexity index is 652. The molecule has 1 fully saturated rings. The Kier molecular flexibility index (Phi) is 3.04. The molecule has 1 N–H and O–H groups in total. The average molecular weight is 271 g/mol. The number of oxazole rings is 1. The first kappa shape index (κ1) is 12.8. The first-order chi connectivity index (χ1) is 9.52. The van der Waals surface area contributed by atoms with Gasteiger partial charge in [-0.25, -0.2) is 5.43 Å². The number of ketones is 1. The number of aromatic nitrogens is 1. The lowest BCUT2D eigenvalue weighted by Crippen LogP contribution is -2.29. The topological polar surface area (TPSA) is 67.5 Å². The van der Waals surface area contributed by atoms with Gasteiger partial charge in [-0.2, -0.15) is 10.1 Å². The summed E-state index contributed by atoms with van der Waals surface area (Å²) in [5.74, 6) is 0.236. The Morgan fingerprint density at radius 3 is 2.85 bits per heavy atom. The lowest BCUT2D eigenvalue weighted by molar-refractivity contribution is -0.120. The zero-order valence-electron chi connectivity index (χ0n) is 11.6. The maximum atomic E-state index is 11.7. The molecular formula is C15H17N3O2. The minimum Gasteiger partial charge on any atom is -0.422 e. The predicted molar refractivity (Wildman–Crippen MR) is 77.7 cm³/mol. The number of Topliss-reactive ketones (excluding diaryl/α,β-unsaturated/α-hetero) is 1. The van der Waals surface area contributed by atoms with E-state index < -0.39 is 0 Å². The number of benzene rings is 1. The molecule has 1 aromatic heterocycles. The zero-order chi connectivity index (χ0) is 14.2. The molecule has 2 aromatic rings. The molecule has 1 aliphatic carbocycles. The van der Waals surface area contributed by atoms with Crippen molar-refractivity contribution in [1.29, 1.82) is 0 Å². The fourth-order valence-electron chi connectivity index (χ4n) is 2.63. The maximum Gasteiger partial charge on any atom is 0.316 e. The summed E-state index contributed by atoms with van der Waals surface area (Å²) in [6.45, 7) is 4.16. The maximum absolute atomic E-state index is 11.7.